The molecule has 4 N–H and O–H groups in total. The number of phenols is 1. The molecule has 0 radical (unpaired) electrons. The van der Waals surface area contributed by atoms with E-state index >= 15 is 0 Å². The van der Waals surface area contributed by atoms with Crippen molar-refractivity contribution in [3.63, 3.8) is 0 Å². The van der Waals surface area contributed by atoms with E-state index in [-0.39, 0.29) is 56.2 Å². The van der Waals surface area contributed by atoms with Gasteiger partial charge in [0, 0.05) is 33.0 Å². The summed E-state index contributed by atoms with van der Waals surface area (Å²) in [4.78, 5) is 57.6. The Bertz CT molecular complexity index is 1560. The number of nitrogens with zero attached hydrogens (tertiary/aromatic N) is 2. The number of benzene rings is 3. The second kappa shape index (κ2) is 16.8. The van der Waals surface area contributed by atoms with E-state index < -0.39 is 29.8 Å². The summed E-state index contributed by atoms with van der Waals surface area (Å²) in [6.07, 6.45) is 3.87. The molecule has 0 spiro atoms. The lowest BCUT2D eigenvalue weighted by Gasteiger charge is -2.26. The molecule has 0 aliphatic carbocycles. The molecule has 11 heteroatoms. The number of nitrogens with one attached hydrogen (secondary N) is 3. The molecule has 4 amide bonds. The van der Waals surface area contributed by atoms with Gasteiger partial charge in [0.2, 0.25) is 17.7 Å². The van der Waals surface area contributed by atoms with Gasteiger partial charge in [-0.3, -0.25) is 24.1 Å². The number of fused-ring (bicyclic) bond motifs is 1. The number of amides is 4. The fourth-order valence-corrected chi connectivity index (χ4v) is 6.01. The zero-order valence-electron chi connectivity index (χ0n) is 27.5. The summed E-state index contributed by atoms with van der Waals surface area (Å²) < 4.78 is 5.93. The molecule has 0 unspecified atom stereocenters. The third-order valence-electron chi connectivity index (χ3n) is 8.83. The van der Waals surface area contributed by atoms with Crippen LogP contribution in [0.2, 0.25) is 0 Å². The molecule has 1 saturated heterocycles. The van der Waals surface area contributed by atoms with Gasteiger partial charge in [0.25, 0.3) is 5.91 Å². The molecule has 2 aliphatic rings. The van der Waals surface area contributed by atoms with Crippen LogP contribution in [0.25, 0.3) is 0 Å². The lowest BCUT2D eigenvalue weighted by atomic mass is 10.0. The van der Waals surface area contributed by atoms with Crippen LogP contribution in [0.4, 0.5) is 0 Å². The number of carbonyl (C=O) groups excluding carboxylic acids is 4. The molecule has 0 saturated carbocycles. The first-order chi connectivity index (χ1) is 23.2. The van der Waals surface area contributed by atoms with E-state index in [0.717, 1.165) is 30.8 Å². The smallest absolute Gasteiger partial charge is 0.255 e. The Morgan fingerprint density at radius 3 is 2.31 bits per heavy atom. The SMILES string of the molecule is CN1CCOc2ccccc2C(=O)N[C@H](C(=O)NCc2ccc(CN3CCCCC3)cc2)CCC(=O)N[C@@H](Cc2ccc(O)cc2)C1=O. The number of para-hydroxylation sites is 1. The topological polar surface area (TPSA) is 140 Å². The number of phenolic OH excluding ortho intramolecular Hbond substituents is 1. The number of hydrogen-bond donors (Lipinski definition) is 4. The number of likely N-dealkylation sites (N-methyl/N-ethyl adjacent to an activating group) is 1. The van der Waals surface area contributed by atoms with Gasteiger partial charge in [-0.15, -0.1) is 0 Å². The number of ether oxygens (including phenoxy) is 1. The molecular weight excluding hydrogens is 610 g/mol. The Balaban J connectivity index is 1.29. The normalized spacial score (nSPS) is 19.9. The van der Waals surface area contributed by atoms with Crippen molar-refractivity contribution in [3.8, 4) is 11.5 Å². The molecule has 0 bridgehead atoms. The molecular formula is C37H45N5O6. The van der Waals surface area contributed by atoms with Gasteiger partial charge >= 0.3 is 0 Å². The third kappa shape index (κ3) is 9.80. The highest BCUT2D eigenvalue weighted by Gasteiger charge is 2.28. The van der Waals surface area contributed by atoms with Crippen LogP contribution in [0, 0.1) is 0 Å². The van der Waals surface area contributed by atoms with Crippen molar-refractivity contribution in [3.05, 3.63) is 95.1 Å². The number of aromatic hydroxyl groups is 1. The van der Waals surface area contributed by atoms with Crippen molar-refractivity contribution in [1.82, 2.24) is 25.8 Å². The van der Waals surface area contributed by atoms with E-state index in [1.165, 1.54) is 41.9 Å². The molecule has 1 fully saturated rings. The van der Waals surface area contributed by atoms with Crippen LogP contribution in [0.15, 0.2) is 72.8 Å². The molecule has 0 aromatic heterocycles. The average molecular weight is 656 g/mol. The lowest BCUT2D eigenvalue weighted by molar-refractivity contribution is -0.135. The zero-order valence-corrected chi connectivity index (χ0v) is 27.5. The van der Waals surface area contributed by atoms with Crippen molar-refractivity contribution in [2.45, 2.75) is 63.7 Å². The Morgan fingerprint density at radius 2 is 1.56 bits per heavy atom. The van der Waals surface area contributed by atoms with Crippen molar-refractivity contribution >= 4 is 23.6 Å². The summed E-state index contributed by atoms with van der Waals surface area (Å²) in [5, 5.41) is 18.2. The van der Waals surface area contributed by atoms with Crippen molar-refractivity contribution in [2.75, 3.05) is 33.3 Å². The van der Waals surface area contributed by atoms with Gasteiger partial charge in [-0.2, -0.15) is 0 Å². The van der Waals surface area contributed by atoms with Gasteiger partial charge in [-0.25, -0.2) is 0 Å². The molecule has 2 atom stereocenters. The van der Waals surface area contributed by atoms with Crippen LogP contribution in [0.5, 0.6) is 11.5 Å². The Labute approximate surface area is 281 Å². The van der Waals surface area contributed by atoms with Crippen molar-refractivity contribution in [2.24, 2.45) is 0 Å². The monoisotopic (exact) mass is 655 g/mol. The van der Waals surface area contributed by atoms with Crippen molar-refractivity contribution < 1.29 is 29.0 Å². The van der Waals surface area contributed by atoms with E-state index in [1.807, 2.05) is 12.1 Å². The maximum absolute atomic E-state index is 13.5. The summed E-state index contributed by atoms with van der Waals surface area (Å²) >= 11 is 0. The first-order valence-electron chi connectivity index (χ1n) is 16.7. The highest BCUT2D eigenvalue weighted by atomic mass is 16.5. The number of rotatable bonds is 7. The van der Waals surface area contributed by atoms with Gasteiger partial charge in [-0.1, -0.05) is 55.0 Å². The molecule has 48 heavy (non-hydrogen) atoms. The number of likely N-dealkylation sites (tertiary alicyclic amines) is 1. The summed E-state index contributed by atoms with van der Waals surface area (Å²) in [7, 11) is 1.63. The minimum absolute atomic E-state index is 0.0111. The first kappa shape index (κ1) is 34.4. The van der Waals surface area contributed by atoms with Gasteiger partial charge in [-0.05, 0) is 73.3 Å². The third-order valence-corrected chi connectivity index (χ3v) is 8.83. The van der Waals surface area contributed by atoms with E-state index in [1.54, 1.807) is 43.4 Å². The minimum atomic E-state index is -1.02. The van der Waals surface area contributed by atoms with Crippen LogP contribution in [0.1, 0.15) is 59.2 Å². The van der Waals surface area contributed by atoms with Crippen LogP contribution >= 0.6 is 0 Å². The van der Waals surface area contributed by atoms with E-state index in [2.05, 4.69) is 33.0 Å². The van der Waals surface area contributed by atoms with Crippen LogP contribution in [-0.2, 0) is 33.9 Å². The minimum Gasteiger partial charge on any atom is -0.508 e. The fraction of sp³-hybridized carbons (Fsp3) is 0.405. The highest BCUT2D eigenvalue weighted by molar-refractivity contribution is 5.99. The fourth-order valence-electron chi connectivity index (χ4n) is 6.01. The van der Waals surface area contributed by atoms with Gasteiger partial charge in [0.05, 0.1) is 12.1 Å². The molecule has 2 heterocycles. The Morgan fingerprint density at radius 1 is 0.875 bits per heavy atom. The number of hydrogen-bond acceptors (Lipinski definition) is 7. The average Bonchev–Trinajstić information content (AvgIpc) is 3.10. The standard InChI is InChI=1S/C37H45N5O6/c1-41-21-22-48-33-8-4-3-7-30(33)35(45)40-31(17-18-34(44)39-32(37(41)47)23-26-13-15-29(43)16-14-26)36(46)38-24-27-9-11-28(12-10-27)25-42-19-5-2-6-20-42/h3-4,7-16,31-32,43H,2,5-6,17-25H2,1H3,(H,38,46)(H,39,44)(H,40,45)/t31-,32-/m0/s1. The van der Waals surface area contributed by atoms with Crippen LogP contribution < -0.4 is 20.7 Å². The predicted molar refractivity (Wildman–Crippen MR) is 181 cm³/mol. The number of piperidine rings is 1. The summed E-state index contributed by atoms with van der Waals surface area (Å²) in [6, 6.07) is 19.4. The van der Waals surface area contributed by atoms with Gasteiger partial charge < -0.3 is 30.7 Å². The van der Waals surface area contributed by atoms with Gasteiger partial charge in [0.1, 0.15) is 30.2 Å². The lowest BCUT2D eigenvalue weighted by Crippen LogP contribution is -2.50. The Kier molecular flexibility index (Phi) is 12.0. The predicted octanol–water partition coefficient (Wildman–Crippen LogP) is 3.15. The van der Waals surface area contributed by atoms with Crippen molar-refractivity contribution in [1.29, 1.82) is 0 Å². The molecule has 5 rings (SSSR count). The van der Waals surface area contributed by atoms with E-state index in [4.69, 9.17) is 4.74 Å². The molecule has 3 aromatic rings. The van der Waals surface area contributed by atoms with Crippen LogP contribution in [0.3, 0.4) is 0 Å². The summed E-state index contributed by atoms with van der Waals surface area (Å²) in [5.74, 6) is -1.24. The Hall–Kier alpha value is -4.90. The van der Waals surface area contributed by atoms with Crippen LogP contribution in [-0.4, -0.2) is 83.9 Å². The zero-order chi connectivity index (χ0) is 33.9. The number of carbonyl (C=O) groups is 4. The molecule has 2 aliphatic heterocycles. The highest BCUT2D eigenvalue weighted by Crippen LogP contribution is 2.20. The van der Waals surface area contributed by atoms with Gasteiger partial charge in [0.15, 0.2) is 0 Å². The summed E-state index contributed by atoms with van der Waals surface area (Å²) in [6.45, 7) is 3.72. The first-order valence-corrected chi connectivity index (χ1v) is 16.7. The largest absolute Gasteiger partial charge is 0.508 e. The second-order valence-electron chi connectivity index (χ2n) is 12.5. The summed E-state index contributed by atoms with van der Waals surface area (Å²) in [5.41, 5.74) is 3.15. The molecule has 254 valence electrons. The quantitative estimate of drug-likeness (QED) is 0.307. The second-order valence-corrected chi connectivity index (χ2v) is 12.5. The van der Waals surface area contributed by atoms with E-state index in [9.17, 15) is 24.3 Å². The maximum atomic E-state index is 13.5. The van der Waals surface area contributed by atoms with E-state index in [0.29, 0.717) is 5.75 Å². The molecule has 3 aromatic carbocycles. The molecule has 11 nitrogen and oxygen atoms in total. The maximum Gasteiger partial charge on any atom is 0.255 e.